The number of rotatable bonds is 5. The summed E-state index contributed by atoms with van der Waals surface area (Å²) in [6, 6.07) is 10.1. The third kappa shape index (κ3) is 4.13. The van der Waals surface area contributed by atoms with Gasteiger partial charge in [-0.3, -0.25) is 4.98 Å². The van der Waals surface area contributed by atoms with E-state index in [-0.39, 0.29) is 5.82 Å². The fourth-order valence-electron chi connectivity index (χ4n) is 1.57. The maximum atomic E-state index is 12.7. The van der Waals surface area contributed by atoms with Crippen molar-refractivity contribution in [3.8, 4) is 0 Å². The number of hydrogen-bond donors (Lipinski definition) is 1. The van der Waals surface area contributed by atoms with Gasteiger partial charge in [-0.15, -0.1) is 11.8 Å². The second-order valence-corrected chi connectivity index (χ2v) is 5.08. The Morgan fingerprint density at radius 3 is 2.67 bits per heavy atom. The smallest absolute Gasteiger partial charge is 0.123 e. The molecule has 1 unspecified atom stereocenters. The fourth-order valence-corrected chi connectivity index (χ4v) is 2.40. The highest BCUT2D eigenvalue weighted by molar-refractivity contribution is 7.99. The molecule has 18 heavy (non-hydrogen) atoms. The lowest BCUT2D eigenvalue weighted by Crippen LogP contribution is -2.13. The van der Waals surface area contributed by atoms with Crippen LogP contribution in [0.25, 0.3) is 0 Å². The van der Waals surface area contributed by atoms with E-state index < -0.39 is 6.10 Å². The SMILES string of the molecule is OC(CSc1ccc(F)cc1)Cc1cccnc1. The normalized spacial score (nSPS) is 12.3. The summed E-state index contributed by atoms with van der Waals surface area (Å²) in [5, 5.41) is 9.90. The molecule has 0 saturated heterocycles. The highest BCUT2D eigenvalue weighted by atomic mass is 32.2. The van der Waals surface area contributed by atoms with E-state index in [4.69, 9.17) is 0 Å². The molecule has 1 N–H and O–H groups in total. The van der Waals surface area contributed by atoms with Gasteiger partial charge in [-0.25, -0.2) is 4.39 Å². The predicted octanol–water partition coefficient (Wildman–Crippen LogP) is 2.92. The van der Waals surface area contributed by atoms with Gasteiger partial charge in [0.2, 0.25) is 0 Å². The van der Waals surface area contributed by atoms with E-state index in [1.165, 1.54) is 23.9 Å². The topological polar surface area (TPSA) is 33.1 Å². The maximum Gasteiger partial charge on any atom is 0.123 e. The van der Waals surface area contributed by atoms with Crippen LogP contribution in [0.3, 0.4) is 0 Å². The average molecular weight is 263 g/mol. The lowest BCUT2D eigenvalue weighted by atomic mass is 10.1. The van der Waals surface area contributed by atoms with Crippen LogP contribution < -0.4 is 0 Å². The number of thioether (sulfide) groups is 1. The van der Waals surface area contributed by atoms with Crippen molar-refractivity contribution in [2.45, 2.75) is 17.4 Å². The molecule has 0 aliphatic heterocycles. The zero-order chi connectivity index (χ0) is 12.8. The highest BCUT2D eigenvalue weighted by Crippen LogP contribution is 2.19. The Morgan fingerprint density at radius 1 is 1.22 bits per heavy atom. The summed E-state index contributed by atoms with van der Waals surface area (Å²) < 4.78 is 12.7. The molecule has 1 atom stereocenters. The van der Waals surface area contributed by atoms with Crippen LogP contribution in [0.5, 0.6) is 0 Å². The van der Waals surface area contributed by atoms with Crippen LogP contribution in [0.4, 0.5) is 4.39 Å². The average Bonchev–Trinajstić information content (AvgIpc) is 2.39. The molecular formula is C14H14FNOS. The van der Waals surface area contributed by atoms with Gasteiger partial charge in [0.1, 0.15) is 5.82 Å². The van der Waals surface area contributed by atoms with Gasteiger partial charge in [0.15, 0.2) is 0 Å². The van der Waals surface area contributed by atoms with Gasteiger partial charge in [-0.05, 0) is 35.9 Å². The van der Waals surface area contributed by atoms with E-state index in [0.29, 0.717) is 12.2 Å². The number of aliphatic hydroxyl groups is 1. The van der Waals surface area contributed by atoms with Crippen molar-refractivity contribution in [3.63, 3.8) is 0 Å². The Morgan fingerprint density at radius 2 is 2.00 bits per heavy atom. The van der Waals surface area contributed by atoms with Crippen molar-refractivity contribution in [1.29, 1.82) is 0 Å². The first-order valence-electron chi connectivity index (χ1n) is 5.69. The van der Waals surface area contributed by atoms with E-state index in [2.05, 4.69) is 4.98 Å². The molecule has 2 rings (SSSR count). The number of nitrogens with zero attached hydrogens (tertiary/aromatic N) is 1. The molecule has 0 fully saturated rings. The second kappa shape index (κ2) is 6.52. The number of aliphatic hydroxyl groups excluding tert-OH is 1. The molecular weight excluding hydrogens is 249 g/mol. The molecule has 0 saturated carbocycles. The Kier molecular flexibility index (Phi) is 4.73. The minimum absolute atomic E-state index is 0.241. The quantitative estimate of drug-likeness (QED) is 0.842. The predicted molar refractivity (Wildman–Crippen MR) is 71.1 cm³/mol. The number of halogens is 1. The van der Waals surface area contributed by atoms with Gasteiger partial charge in [-0.2, -0.15) is 0 Å². The maximum absolute atomic E-state index is 12.7. The Bertz CT molecular complexity index is 475. The van der Waals surface area contributed by atoms with Gasteiger partial charge in [-0.1, -0.05) is 6.07 Å². The van der Waals surface area contributed by atoms with E-state index in [9.17, 15) is 9.50 Å². The molecule has 1 aromatic heterocycles. The van der Waals surface area contributed by atoms with Crippen LogP contribution in [-0.2, 0) is 6.42 Å². The van der Waals surface area contributed by atoms with Gasteiger partial charge in [0, 0.05) is 29.5 Å². The van der Waals surface area contributed by atoms with Gasteiger partial charge >= 0.3 is 0 Å². The molecule has 2 aromatic rings. The van der Waals surface area contributed by atoms with Crippen LogP contribution in [0, 0.1) is 5.82 Å². The Labute approximate surface area is 110 Å². The van der Waals surface area contributed by atoms with Crippen LogP contribution in [0.2, 0.25) is 0 Å². The summed E-state index contributed by atoms with van der Waals surface area (Å²) in [4.78, 5) is 4.97. The van der Waals surface area contributed by atoms with Crippen molar-refractivity contribution >= 4 is 11.8 Å². The number of aromatic nitrogens is 1. The van der Waals surface area contributed by atoms with Crippen LogP contribution in [0.15, 0.2) is 53.7 Å². The zero-order valence-electron chi connectivity index (χ0n) is 9.79. The second-order valence-electron chi connectivity index (χ2n) is 3.98. The molecule has 1 heterocycles. The third-order valence-electron chi connectivity index (χ3n) is 2.45. The first-order chi connectivity index (χ1) is 8.74. The van der Waals surface area contributed by atoms with E-state index >= 15 is 0 Å². The minimum atomic E-state index is -0.427. The van der Waals surface area contributed by atoms with Gasteiger partial charge in [0.25, 0.3) is 0 Å². The van der Waals surface area contributed by atoms with Crippen molar-refractivity contribution in [1.82, 2.24) is 4.98 Å². The van der Waals surface area contributed by atoms with Crippen molar-refractivity contribution in [3.05, 3.63) is 60.2 Å². The molecule has 2 nitrogen and oxygen atoms in total. The van der Waals surface area contributed by atoms with E-state index in [1.54, 1.807) is 24.5 Å². The minimum Gasteiger partial charge on any atom is -0.392 e. The Hall–Kier alpha value is -1.39. The molecule has 0 amide bonds. The van der Waals surface area contributed by atoms with Crippen molar-refractivity contribution < 1.29 is 9.50 Å². The van der Waals surface area contributed by atoms with Crippen molar-refractivity contribution in [2.24, 2.45) is 0 Å². The summed E-state index contributed by atoms with van der Waals surface area (Å²) in [5.74, 6) is 0.343. The third-order valence-corrected chi connectivity index (χ3v) is 3.61. The first kappa shape index (κ1) is 13.1. The molecule has 0 spiro atoms. The zero-order valence-corrected chi connectivity index (χ0v) is 10.6. The van der Waals surface area contributed by atoms with Crippen molar-refractivity contribution in [2.75, 3.05) is 5.75 Å². The largest absolute Gasteiger partial charge is 0.392 e. The fraction of sp³-hybridized carbons (Fsp3) is 0.214. The van der Waals surface area contributed by atoms with Gasteiger partial charge < -0.3 is 5.11 Å². The molecule has 1 aromatic carbocycles. The van der Waals surface area contributed by atoms with Crippen LogP contribution >= 0.6 is 11.8 Å². The molecule has 4 heteroatoms. The van der Waals surface area contributed by atoms with E-state index in [1.807, 2.05) is 12.1 Å². The molecule has 0 aliphatic carbocycles. The van der Waals surface area contributed by atoms with Gasteiger partial charge in [0.05, 0.1) is 6.10 Å². The molecule has 0 aliphatic rings. The lowest BCUT2D eigenvalue weighted by Gasteiger charge is -2.09. The Balaban J connectivity index is 1.81. The molecule has 0 bridgehead atoms. The molecule has 94 valence electrons. The summed E-state index contributed by atoms with van der Waals surface area (Å²) in [7, 11) is 0. The first-order valence-corrected chi connectivity index (χ1v) is 6.68. The van der Waals surface area contributed by atoms with Crippen LogP contribution in [-0.4, -0.2) is 21.9 Å². The number of benzene rings is 1. The van der Waals surface area contributed by atoms with Crippen LogP contribution in [0.1, 0.15) is 5.56 Å². The lowest BCUT2D eigenvalue weighted by molar-refractivity contribution is 0.200. The highest BCUT2D eigenvalue weighted by Gasteiger charge is 2.06. The molecule has 0 radical (unpaired) electrons. The standard InChI is InChI=1S/C14H14FNOS/c15-12-3-5-14(6-4-12)18-10-13(17)8-11-2-1-7-16-9-11/h1-7,9,13,17H,8,10H2. The summed E-state index contributed by atoms with van der Waals surface area (Å²) in [6.45, 7) is 0. The summed E-state index contributed by atoms with van der Waals surface area (Å²) in [6.07, 6.45) is 3.63. The van der Waals surface area contributed by atoms with E-state index in [0.717, 1.165) is 10.5 Å². The summed E-state index contributed by atoms with van der Waals surface area (Å²) in [5.41, 5.74) is 1.02. The monoisotopic (exact) mass is 263 g/mol. The number of pyridine rings is 1. The number of hydrogen-bond acceptors (Lipinski definition) is 3. The summed E-state index contributed by atoms with van der Waals surface area (Å²) >= 11 is 1.52.